The van der Waals surface area contributed by atoms with Crippen LogP contribution in [0, 0.1) is 11.7 Å². The Morgan fingerprint density at radius 1 is 1.32 bits per heavy atom. The Morgan fingerprint density at radius 3 is 2.68 bits per heavy atom. The Hall–Kier alpha value is -1.95. The van der Waals surface area contributed by atoms with Gasteiger partial charge in [-0.25, -0.2) is 4.39 Å². The highest BCUT2D eigenvalue weighted by Gasteiger charge is 2.27. The molecule has 0 radical (unpaired) electrons. The predicted octanol–water partition coefficient (Wildman–Crippen LogP) is 1.77. The number of amides is 2. The number of aliphatic hydroxyl groups is 1. The third-order valence-corrected chi connectivity index (χ3v) is 4.04. The lowest BCUT2D eigenvalue weighted by molar-refractivity contribution is -0.143. The van der Waals surface area contributed by atoms with Crippen LogP contribution in [0.3, 0.4) is 0 Å². The first kappa shape index (κ1) is 16.4. The van der Waals surface area contributed by atoms with Gasteiger partial charge in [0.05, 0.1) is 11.8 Å². The van der Waals surface area contributed by atoms with Crippen molar-refractivity contribution in [3.63, 3.8) is 0 Å². The van der Waals surface area contributed by atoms with E-state index in [0.717, 1.165) is 25.7 Å². The van der Waals surface area contributed by atoms with Gasteiger partial charge in [0.1, 0.15) is 5.82 Å². The van der Waals surface area contributed by atoms with Crippen molar-refractivity contribution in [2.45, 2.75) is 31.8 Å². The van der Waals surface area contributed by atoms with Crippen molar-refractivity contribution in [1.82, 2.24) is 4.90 Å². The standard InChI is InChI=1S/C16H21FN2O3/c1-19(10-11-6-2-5-9-14(11)20)16(22)15(21)18-13-8-4-3-7-12(13)17/h3-4,7-8,11,14,20H,2,5-6,9-10H2,1H3,(H,18,21). The van der Waals surface area contributed by atoms with E-state index in [2.05, 4.69) is 5.32 Å². The molecule has 2 N–H and O–H groups in total. The van der Waals surface area contributed by atoms with Crippen LogP contribution in [0.4, 0.5) is 10.1 Å². The summed E-state index contributed by atoms with van der Waals surface area (Å²) < 4.78 is 13.5. The quantitative estimate of drug-likeness (QED) is 0.836. The van der Waals surface area contributed by atoms with Gasteiger partial charge in [-0.2, -0.15) is 0 Å². The summed E-state index contributed by atoms with van der Waals surface area (Å²) in [5.74, 6) is -2.21. The van der Waals surface area contributed by atoms with E-state index >= 15 is 0 Å². The normalized spacial score (nSPS) is 21.2. The Morgan fingerprint density at radius 2 is 2.00 bits per heavy atom. The number of rotatable bonds is 3. The van der Waals surface area contributed by atoms with Gasteiger partial charge in [0.25, 0.3) is 0 Å². The van der Waals surface area contributed by atoms with Crippen LogP contribution in [-0.4, -0.2) is 41.5 Å². The maximum absolute atomic E-state index is 13.5. The number of nitrogens with zero attached hydrogens (tertiary/aromatic N) is 1. The molecule has 22 heavy (non-hydrogen) atoms. The third-order valence-electron chi connectivity index (χ3n) is 4.04. The number of hydrogen-bond acceptors (Lipinski definition) is 3. The molecular weight excluding hydrogens is 287 g/mol. The molecule has 6 heteroatoms. The summed E-state index contributed by atoms with van der Waals surface area (Å²) in [6.45, 7) is 0.324. The zero-order chi connectivity index (χ0) is 16.1. The Bertz CT molecular complexity index is 550. The molecule has 1 aliphatic rings. The van der Waals surface area contributed by atoms with Crippen molar-refractivity contribution >= 4 is 17.5 Å². The average molecular weight is 308 g/mol. The van der Waals surface area contributed by atoms with Gasteiger partial charge in [0.15, 0.2) is 0 Å². The predicted molar refractivity (Wildman–Crippen MR) is 80.6 cm³/mol. The number of benzene rings is 1. The molecule has 1 fully saturated rings. The van der Waals surface area contributed by atoms with Crippen molar-refractivity contribution in [3.05, 3.63) is 30.1 Å². The van der Waals surface area contributed by atoms with E-state index < -0.39 is 23.7 Å². The second-order valence-corrected chi connectivity index (χ2v) is 5.73. The Balaban J connectivity index is 1.92. The lowest BCUT2D eigenvalue weighted by Gasteiger charge is -2.30. The first-order chi connectivity index (χ1) is 10.5. The number of para-hydroxylation sites is 1. The Kier molecular flexibility index (Phi) is 5.49. The highest BCUT2D eigenvalue weighted by molar-refractivity contribution is 6.39. The molecule has 0 aromatic heterocycles. The molecule has 0 saturated heterocycles. The van der Waals surface area contributed by atoms with Gasteiger partial charge < -0.3 is 15.3 Å². The topological polar surface area (TPSA) is 69.6 Å². The monoisotopic (exact) mass is 308 g/mol. The first-order valence-corrected chi connectivity index (χ1v) is 7.48. The molecule has 1 aliphatic carbocycles. The number of hydrogen-bond donors (Lipinski definition) is 2. The van der Waals surface area contributed by atoms with Crippen LogP contribution in [-0.2, 0) is 9.59 Å². The summed E-state index contributed by atoms with van der Waals surface area (Å²) in [6, 6.07) is 5.68. The van der Waals surface area contributed by atoms with Gasteiger partial charge >= 0.3 is 11.8 Å². The van der Waals surface area contributed by atoms with Gasteiger partial charge in [-0.05, 0) is 25.0 Å². The van der Waals surface area contributed by atoms with E-state index in [9.17, 15) is 19.1 Å². The molecule has 2 atom stereocenters. The zero-order valence-corrected chi connectivity index (χ0v) is 12.6. The van der Waals surface area contributed by atoms with E-state index in [0.29, 0.717) is 6.54 Å². The van der Waals surface area contributed by atoms with Gasteiger partial charge in [-0.3, -0.25) is 9.59 Å². The van der Waals surface area contributed by atoms with E-state index in [1.54, 1.807) is 6.07 Å². The van der Waals surface area contributed by atoms with Crippen LogP contribution in [0.2, 0.25) is 0 Å². The average Bonchev–Trinajstić information content (AvgIpc) is 2.51. The number of carbonyl (C=O) groups excluding carboxylic acids is 2. The highest BCUT2D eigenvalue weighted by atomic mass is 19.1. The van der Waals surface area contributed by atoms with E-state index in [-0.39, 0.29) is 11.6 Å². The number of carbonyl (C=O) groups is 2. The molecule has 0 aliphatic heterocycles. The minimum absolute atomic E-state index is 0.0102. The number of anilines is 1. The molecule has 1 aromatic carbocycles. The van der Waals surface area contributed by atoms with Crippen molar-refractivity contribution in [1.29, 1.82) is 0 Å². The molecule has 1 saturated carbocycles. The van der Waals surface area contributed by atoms with Gasteiger partial charge in [-0.1, -0.05) is 25.0 Å². The summed E-state index contributed by atoms with van der Waals surface area (Å²) in [5, 5.41) is 12.2. The molecule has 2 amide bonds. The number of halogens is 1. The number of aliphatic hydroxyl groups excluding tert-OH is 1. The molecule has 1 aromatic rings. The molecule has 120 valence electrons. The lowest BCUT2D eigenvalue weighted by Crippen LogP contribution is -2.42. The van der Waals surface area contributed by atoms with E-state index in [1.807, 2.05) is 0 Å². The molecule has 0 heterocycles. The molecule has 0 bridgehead atoms. The largest absolute Gasteiger partial charge is 0.393 e. The minimum atomic E-state index is -0.877. The summed E-state index contributed by atoms with van der Waals surface area (Å²) >= 11 is 0. The molecule has 2 rings (SSSR count). The lowest BCUT2D eigenvalue weighted by atomic mass is 9.86. The first-order valence-electron chi connectivity index (χ1n) is 7.48. The van der Waals surface area contributed by atoms with Crippen molar-refractivity contribution in [2.75, 3.05) is 18.9 Å². The SMILES string of the molecule is CN(CC1CCCCC1O)C(=O)C(=O)Nc1ccccc1F. The fourth-order valence-corrected chi connectivity index (χ4v) is 2.75. The second-order valence-electron chi connectivity index (χ2n) is 5.73. The second kappa shape index (κ2) is 7.35. The fourth-order valence-electron chi connectivity index (χ4n) is 2.75. The van der Waals surface area contributed by atoms with Crippen LogP contribution in [0.1, 0.15) is 25.7 Å². The minimum Gasteiger partial charge on any atom is -0.393 e. The van der Waals surface area contributed by atoms with E-state index in [1.165, 1.54) is 30.1 Å². The third kappa shape index (κ3) is 4.04. The summed E-state index contributed by atoms with van der Waals surface area (Å²) in [6.07, 6.45) is 3.15. The Labute approximate surface area is 129 Å². The molecule has 0 spiro atoms. The smallest absolute Gasteiger partial charge is 0.313 e. The molecule has 2 unspecified atom stereocenters. The van der Waals surface area contributed by atoms with Crippen molar-refractivity contribution in [3.8, 4) is 0 Å². The number of likely N-dealkylation sites (N-methyl/N-ethyl adjacent to an activating group) is 1. The van der Waals surface area contributed by atoms with Gasteiger partial charge in [-0.15, -0.1) is 0 Å². The van der Waals surface area contributed by atoms with Crippen molar-refractivity contribution in [2.24, 2.45) is 5.92 Å². The van der Waals surface area contributed by atoms with Crippen LogP contribution in [0.15, 0.2) is 24.3 Å². The number of nitrogens with one attached hydrogen (secondary N) is 1. The maximum atomic E-state index is 13.5. The zero-order valence-electron chi connectivity index (χ0n) is 12.6. The summed E-state index contributed by atoms with van der Waals surface area (Å²) in [4.78, 5) is 25.2. The van der Waals surface area contributed by atoms with E-state index in [4.69, 9.17) is 0 Å². The molecular formula is C16H21FN2O3. The highest BCUT2D eigenvalue weighted by Crippen LogP contribution is 2.25. The summed E-state index contributed by atoms with van der Waals surface area (Å²) in [5.41, 5.74) is -0.0213. The fraction of sp³-hybridized carbons (Fsp3) is 0.500. The van der Waals surface area contributed by atoms with Gasteiger partial charge in [0, 0.05) is 19.5 Å². The van der Waals surface area contributed by atoms with Crippen LogP contribution in [0.25, 0.3) is 0 Å². The molecule has 5 nitrogen and oxygen atoms in total. The van der Waals surface area contributed by atoms with Crippen molar-refractivity contribution < 1.29 is 19.1 Å². The van der Waals surface area contributed by atoms with Crippen LogP contribution in [0.5, 0.6) is 0 Å². The summed E-state index contributed by atoms with van der Waals surface area (Å²) in [7, 11) is 1.52. The van der Waals surface area contributed by atoms with Crippen LogP contribution < -0.4 is 5.32 Å². The van der Waals surface area contributed by atoms with Crippen LogP contribution >= 0.6 is 0 Å². The van der Waals surface area contributed by atoms with Gasteiger partial charge in [0.2, 0.25) is 0 Å². The maximum Gasteiger partial charge on any atom is 0.313 e.